The summed E-state index contributed by atoms with van der Waals surface area (Å²) in [5.41, 5.74) is 8.13. The number of carbonyl (C=O) groups is 1. The van der Waals surface area contributed by atoms with Crippen molar-refractivity contribution in [3.05, 3.63) is 121 Å². The number of aromatic hydroxyl groups is 2. The fourth-order valence-corrected chi connectivity index (χ4v) is 11.3. The van der Waals surface area contributed by atoms with Crippen LogP contribution in [-0.2, 0) is 35.4 Å². The van der Waals surface area contributed by atoms with Crippen molar-refractivity contribution < 1.29 is 44.2 Å². The second-order valence-electron chi connectivity index (χ2n) is 18.1. The van der Waals surface area contributed by atoms with Crippen LogP contribution in [0.1, 0.15) is 122 Å². The first-order chi connectivity index (χ1) is 30.8. The number of nitrogens with two attached hydrogens (primary N) is 1. The minimum absolute atomic E-state index is 0.00212. The molecular weight excluding hydrogens is 817 g/mol. The van der Waals surface area contributed by atoms with Gasteiger partial charge in [0.2, 0.25) is 0 Å². The molecule has 336 valence electrons. The Bertz CT molecular complexity index is 2710. The Morgan fingerprint density at radius 3 is 2.56 bits per heavy atom. The first-order valence-corrected chi connectivity index (χ1v) is 22.4. The smallest absolute Gasteiger partial charge is 0.337 e. The van der Waals surface area contributed by atoms with Gasteiger partial charge in [0.05, 0.1) is 17.8 Å². The highest BCUT2D eigenvalue weighted by atomic mass is 16.6. The SMILES string of the molecule is CC=C(C(=O)OC1Cc2c3c(c4oc(CO)cc(=O)c4c2O)C2c4ccnc(N)c4C(CCc4ccc(O)cc4C2CO)CC(Cc2ccc(NCC)nc2)C1(C)O3)C1(O)CCCC1. The van der Waals surface area contributed by atoms with Crippen molar-refractivity contribution in [1.29, 1.82) is 0 Å². The summed E-state index contributed by atoms with van der Waals surface area (Å²) in [7, 11) is 0. The number of pyridine rings is 2. The zero-order chi connectivity index (χ0) is 45.1. The van der Waals surface area contributed by atoms with E-state index in [1.807, 2.05) is 44.3 Å². The van der Waals surface area contributed by atoms with Gasteiger partial charge in [0.15, 0.2) is 5.43 Å². The molecular formula is C50H56N4O10. The fraction of sp³-hybridized carbons (Fsp3) is 0.440. The van der Waals surface area contributed by atoms with Gasteiger partial charge in [-0.15, -0.1) is 0 Å². The summed E-state index contributed by atoms with van der Waals surface area (Å²) in [6.45, 7) is 5.25. The van der Waals surface area contributed by atoms with E-state index >= 15 is 0 Å². The van der Waals surface area contributed by atoms with Crippen LogP contribution in [0.4, 0.5) is 11.6 Å². The molecule has 2 aliphatic carbocycles. The number of aryl methyl sites for hydroxylation is 1. The maximum atomic E-state index is 14.6. The van der Waals surface area contributed by atoms with Crippen LogP contribution >= 0.6 is 0 Å². The lowest BCUT2D eigenvalue weighted by Crippen LogP contribution is -2.57. The van der Waals surface area contributed by atoms with Crippen LogP contribution in [0.25, 0.3) is 11.0 Å². The van der Waals surface area contributed by atoms with Gasteiger partial charge in [-0.25, -0.2) is 14.8 Å². The zero-order valence-electron chi connectivity index (χ0n) is 36.4. The summed E-state index contributed by atoms with van der Waals surface area (Å²) in [6, 6.07) is 12.1. The Kier molecular flexibility index (Phi) is 11.4. The van der Waals surface area contributed by atoms with Crippen LogP contribution in [0.15, 0.2) is 75.7 Å². The number of anilines is 2. The predicted octanol–water partition coefficient (Wildman–Crippen LogP) is 6.56. The number of fused-ring (bicyclic) bond motifs is 5. The number of nitrogens with one attached hydrogen (secondary N) is 1. The quantitative estimate of drug-likeness (QED) is 0.0615. The molecule has 0 amide bonds. The van der Waals surface area contributed by atoms with Crippen molar-refractivity contribution in [1.82, 2.24) is 9.97 Å². The molecule has 64 heavy (non-hydrogen) atoms. The second kappa shape index (κ2) is 16.9. The average Bonchev–Trinajstić information content (AvgIpc) is 3.73. The molecule has 14 heteroatoms. The number of aromatic nitrogens is 2. The Balaban J connectivity index is 1.37. The molecule has 5 heterocycles. The molecule has 6 unspecified atom stereocenters. The van der Waals surface area contributed by atoms with Gasteiger partial charge < -0.3 is 50.5 Å². The first-order valence-electron chi connectivity index (χ1n) is 22.4. The number of aliphatic hydroxyl groups is 3. The topological polar surface area (TPSA) is 231 Å². The molecule has 3 aromatic heterocycles. The number of esters is 1. The summed E-state index contributed by atoms with van der Waals surface area (Å²) < 4.78 is 20.6. The van der Waals surface area contributed by atoms with Crippen LogP contribution in [0.5, 0.6) is 17.2 Å². The van der Waals surface area contributed by atoms with E-state index in [1.165, 1.54) is 0 Å². The third-order valence-electron chi connectivity index (χ3n) is 14.5. The Morgan fingerprint density at radius 1 is 1.06 bits per heavy atom. The number of hydrogen-bond acceptors (Lipinski definition) is 14. The van der Waals surface area contributed by atoms with Gasteiger partial charge in [-0.2, -0.15) is 0 Å². The molecule has 1 fully saturated rings. The van der Waals surface area contributed by atoms with Gasteiger partial charge in [0.25, 0.3) is 0 Å². The second-order valence-corrected chi connectivity index (χ2v) is 18.1. The number of rotatable bonds is 9. The summed E-state index contributed by atoms with van der Waals surface area (Å²) >= 11 is 0. The van der Waals surface area contributed by atoms with E-state index in [9.17, 15) is 35.1 Å². The van der Waals surface area contributed by atoms with Crippen LogP contribution in [0.2, 0.25) is 0 Å². The maximum absolute atomic E-state index is 14.6. The number of nitrogens with zero attached hydrogens (tertiary/aromatic N) is 2. The predicted molar refractivity (Wildman–Crippen MR) is 240 cm³/mol. The van der Waals surface area contributed by atoms with E-state index in [2.05, 4.69) is 10.3 Å². The fourth-order valence-electron chi connectivity index (χ4n) is 11.3. The van der Waals surface area contributed by atoms with E-state index in [1.54, 1.807) is 31.3 Å². The molecule has 5 aromatic rings. The molecule has 2 aliphatic heterocycles. The number of allylic oxidation sites excluding steroid dienone is 1. The molecule has 1 saturated carbocycles. The molecule has 9 rings (SSSR count). The highest BCUT2D eigenvalue weighted by Crippen LogP contribution is 2.58. The average molecular weight is 873 g/mol. The lowest BCUT2D eigenvalue weighted by atomic mass is 9.67. The van der Waals surface area contributed by atoms with Crippen molar-refractivity contribution >= 4 is 28.6 Å². The number of phenolic OH excluding ortho intramolecular Hbond substituents is 2. The summed E-state index contributed by atoms with van der Waals surface area (Å²) in [5, 5.41) is 60.3. The third kappa shape index (κ3) is 7.25. The maximum Gasteiger partial charge on any atom is 0.337 e. The molecule has 14 nitrogen and oxygen atoms in total. The van der Waals surface area contributed by atoms with Crippen LogP contribution in [0.3, 0.4) is 0 Å². The highest BCUT2D eigenvalue weighted by molar-refractivity contribution is 5.93. The molecule has 4 aliphatic rings. The molecule has 0 saturated heterocycles. The molecule has 8 N–H and O–H groups in total. The van der Waals surface area contributed by atoms with Gasteiger partial charge in [0, 0.05) is 65.9 Å². The molecule has 0 spiro atoms. The number of aliphatic hydroxyl groups excluding tert-OH is 2. The lowest BCUT2D eigenvalue weighted by molar-refractivity contribution is -0.167. The Morgan fingerprint density at radius 2 is 1.86 bits per heavy atom. The van der Waals surface area contributed by atoms with E-state index in [0.29, 0.717) is 61.8 Å². The minimum Gasteiger partial charge on any atom is -0.508 e. The van der Waals surface area contributed by atoms with Crippen LogP contribution in [0, 0.1) is 5.92 Å². The monoisotopic (exact) mass is 872 g/mol. The summed E-state index contributed by atoms with van der Waals surface area (Å²) in [6.07, 6.45) is 8.13. The van der Waals surface area contributed by atoms with Gasteiger partial charge in [-0.1, -0.05) is 31.1 Å². The minimum atomic E-state index is -1.38. The molecule has 0 radical (unpaired) electrons. The lowest BCUT2D eigenvalue weighted by Gasteiger charge is -2.49. The normalized spacial score (nSPS) is 24.7. The Hall–Kier alpha value is -5.96. The number of hydrogen-bond donors (Lipinski definition) is 7. The Labute approximate surface area is 370 Å². The highest BCUT2D eigenvalue weighted by Gasteiger charge is 2.54. The molecule has 6 atom stereocenters. The number of benzene rings is 2. The van der Waals surface area contributed by atoms with E-state index in [0.717, 1.165) is 41.4 Å². The first kappa shape index (κ1) is 43.3. The third-order valence-corrected chi connectivity index (χ3v) is 14.5. The van der Waals surface area contributed by atoms with Crippen molar-refractivity contribution in [2.75, 3.05) is 24.2 Å². The van der Waals surface area contributed by atoms with Crippen molar-refractivity contribution in [3.8, 4) is 17.2 Å². The van der Waals surface area contributed by atoms with Crippen molar-refractivity contribution in [2.45, 2.75) is 120 Å². The van der Waals surface area contributed by atoms with Crippen molar-refractivity contribution in [2.24, 2.45) is 5.92 Å². The summed E-state index contributed by atoms with van der Waals surface area (Å²) in [4.78, 5) is 38.2. The van der Waals surface area contributed by atoms with E-state index in [-0.39, 0.29) is 57.5 Å². The molecule has 4 bridgehead atoms. The number of phenols is 2. The van der Waals surface area contributed by atoms with Gasteiger partial charge in [-0.3, -0.25) is 4.79 Å². The standard InChI is InChI=1S/C50H56N4O10/c1-4-36(50(61)15-6-7-16-50)48(60)63-38-22-34-44(59)42-37(58)21-31(24-55)62-46(42)43-41-32-14-17-53-47(51)40(32)28(10-9-27-11-12-30(57)20-33(27)35(41)25-56)19-29(49(38,3)64-45(34)43)18-26-8-13-39(52-5-2)54-23-26/h4,8,11-14,17,20-21,23,28-29,35,38,41,55-57,59,61H,5-7,9-10,15-16,18-19,22,24-25H2,1-3H3,(H2,51,53)(H,52,54). The van der Waals surface area contributed by atoms with Crippen LogP contribution < -0.4 is 21.2 Å². The molecule has 2 aromatic carbocycles. The number of ether oxygens (including phenoxy) is 2. The zero-order valence-corrected chi connectivity index (χ0v) is 36.4. The van der Waals surface area contributed by atoms with E-state index < -0.39 is 65.4 Å². The largest absolute Gasteiger partial charge is 0.508 e. The van der Waals surface area contributed by atoms with Gasteiger partial charge in [0.1, 0.15) is 63.9 Å². The number of carbonyl (C=O) groups excluding carboxylic acids is 1. The van der Waals surface area contributed by atoms with Gasteiger partial charge >= 0.3 is 5.97 Å². The van der Waals surface area contributed by atoms with Gasteiger partial charge in [-0.05, 0) is 112 Å². The number of nitrogen functional groups attached to an aromatic ring is 1. The van der Waals surface area contributed by atoms with Crippen LogP contribution in [-0.4, -0.2) is 71.9 Å². The van der Waals surface area contributed by atoms with Crippen molar-refractivity contribution in [3.63, 3.8) is 0 Å². The van der Waals surface area contributed by atoms with E-state index in [4.69, 9.17) is 24.6 Å². The summed E-state index contributed by atoms with van der Waals surface area (Å²) in [5.74, 6) is -2.47.